The summed E-state index contributed by atoms with van der Waals surface area (Å²) >= 11 is 0. The first-order valence-corrected chi connectivity index (χ1v) is 7.47. The predicted octanol–water partition coefficient (Wildman–Crippen LogP) is 3.69. The van der Waals surface area contributed by atoms with Gasteiger partial charge in [0, 0.05) is 5.69 Å². The van der Waals surface area contributed by atoms with Crippen LogP contribution < -0.4 is 9.88 Å². The number of alkyl halides is 3. The molecule has 0 saturated carbocycles. The van der Waals surface area contributed by atoms with Gasteiger partial charge in [0.25, 0.3) is 5.91 Å². The van der Waals surface area contributed by atoms with Crippen molar-refractivity contribution in [2.75, 3.05) is 5.32 Å². The summed E-state index contributed by atoms with van der Waals surface area (Å²) in [6.07, 6.45) is -1.13. The highest BCUT2D eigenvalue weighted by atomic mass is 19.4. The molecule has 0 bridgehead atoms. The van der Waals surface area contributed by atoms with E-state index in [1.165, 1.54) is 12.1 Å². The summed E-state index contributed by atoms with van der Waals surface area (Å²) in [6.45, 7) is 3.69. The van der Waals surface area contributed by atoms with E-state index in [1.807, 2.05) is 24.3 Å². The number of para-hydroxylation sites is 2. The number of hydrogen-bond acceptors (Lipinski definition) is 1. The van der Waals surface area contributed by atoms with Crippen LogP contribution in [0.15, 0.2) is 61.4 Å². The number of imidazole rings is 1. The van der Waals surface area contributed by atoms with Crippen molar-refractivity contribution in [3.05, 3.63) is 67.0 Å². The van der Waals surface area contributed by atoms with Crippen molar-refractivity contribution in [2.45, 2.75) is 12.7 Å². The first kappa shape index (κ1) is 16.8. The van der Waals surface area contributed by atoms with Gasteiger partial charge < -0.3 is 5.32 Å². The highest BCUT2D eigenvalue weighted by molar-refractivity contribution is 5.90. The largest absolute Gasteiger partial charge is 0.416 e. The second-order valence-corrected chi connectivity index (χ2v) is 5.45. The maximum Gasteiger partial charge on any atom is 0.416 e. The monoisotopic (exact) mass is 346 g/mol. The molecular weight excluding hydrogens is 331 g/mol. The first-order chi connectivity index (χ1) is 11.9. The molecule has 1 amide bonds. The lowest BCUT2D eigenvalue weighted by Gasteiger charge is -2.09. The number of rotatable bonds is 4. The topological polar surface area (TPSA) is 37.9 Å². The summed E-state index contributed by atoms with van der Waals surface area (Å²) in [5.74, 6) is -0.420. The van der Waals surface area contributed by atoms with Gasteiger partial charge in [-0.25, -0.2) is 9.13 Å². The Bertz CT molecular complexity index is 944. The van der Waals surface area contributed by atoms with Gasteiger partial charge in [-0.1, -0.05) is 24.8 Å². The molecular formula is C18H15F3N3O+. The van der Waals surface area contributed by atoms with Gasteiger partial charge >= 0.3 is 6.18 Å². The maximum atomic E-state index is 12.7. The average molecular weight is 346 g/mol. The number of fused-ring (bicyclic) bond motifs is 1. The van der Waals surface area contributed by atoms with Crippen molar-refractivity contribution in [1.82, 2.24) is 4.57 Å². The van der Waals surface area contributed by atoms with Crippen LogP contribution in [0.2, 0.25) is 0 Å². The Morgan fingerprint density at radius 1 is 1.20 bits per heavy atom. The summed E-state index contributed by atoms with van der Waals surface area (Å²) in [5, 5.41) is 2.50. The zero-order valence-electron chi connectivity index (χ0n) is 13.1. The van der Waals surface area contributed by atoms with Crippen LogP contribution >= 0.6 is 0 Å². The Morgan fingerprint density at radius 3 is 2.68 bits per heavy atom. The first-order valence-electron chi connectivity index (χ1n) is 7.47. The highest BCUT2D eigenvalue weighted by Crippen LogP contribution is 2.30. The Labute approximate surface area is 141 Å². The zero-order chi connectivity index (χ0) is 18.0. The van der Waals surface area contributed by atoms with Crippen molar-refractivity contribution in [2.24, 2.45) is 0 Å². The van der Waals surface area contributed by atoms with E-state index in [4.69, 9.17) is 0 Å². The Balaban J connectivity index is 1.81. The van der Waals surface area contributed by atoms with E-state index in [9.17, 15) is 18.0 Å². The fourth-order valence-corrected chi connectivity index (χ4v) is 2.60. The summed E-state index contributed by atoms with van der Waals surface area (Å²) in [5.41, 5.74) is 1.00. The number of halogens is 3. The van der Waals surface area contributed by atoms with Gasteiger partial charge in [-0.15, -0.1) is 0 Å². The van der Waals surface area contributed by atoms with Crippen molar-refractivity contribution in [3.8, 4) is 0 Å². The van der Waals surface area contributed by atoms with Gasteiger partial charge in [0.05, 0.1) is 11.8 Å². The number of carbonyl (C=O) groups excluding carboxylic acids is 1. The van der Waals surface area contributed by atoms with Crippen LogP contribution in [-0.2, 0) is 17.5 Å². The van der Waals surface area contributed by atoms with Gasteiger partial charge in [0.2, 0.25) is 6.33 Å². The third-order valence-corrected chi connectivity index (χ3v) is 3.72. The van der Waals surface area contributed by atoms with E-state index >= 15 is 0 Å². The van der Waals surface area contributed by atoms with Crippen LogP contribution in [-0.4, -0.2) is 10.5 Å². The molecule has 1 aromatic heterocycles. The van der Waals surface area contributed by atoms with E-state index in [0.29, 0.717) is 0 Å². The number of anilines is 1. The summed E-state index contributed by atoms with van der Waals surface area (Å²) in [6, 6.07) is 12.0. The summed E-state index contributed by atoms with van der Waals surface area (Å²) in [4.78, 5) is 12.2. The molecule has 25 heavy (non-hydrogen) atoms. The maximum absolute atomic E-state index is 12.7. The van der Waals surface area contributed by atoms with Crippen LogP contribution in [0, 0.1) is 0 Å². The molecule has 0 atom stereocenters. The molecule has 1 heterocycles. The molecule has 0 spiro atoms. The number of aromatic nitrogens is 2. The number of nitrogens with one attached hydrogen (secondary N) is 1. The third-order valence-electron chi connectivity index (χ3n) is 3.72. The highest BCUT2D eigenvalue weighted by Gasteiger charge is 2.30. The molecule has 7 heteroatoms. The van der Waals surface area contributed by atoms with E-state index in [0.717, 1.165) is 23.2 Å². The number of benzene rings is 2. The minimum atomic E-state index is -4.45. The van der Waals surface area contributed by atoms with Gasteiger partial charge in [0.15, 0.2) is 17.6 Å². The lowest BCUT2D eigenvalue weighted by molar-refractivity contribution is -0.658. The molecule has 0 fully saturated rings. The third kappa shape index (κ3) is 3.55. The molecule has 0 radical (unpaired) electrons. The minimum Gasteiger partial charge on any atom is -0.323 e. The van der Waals surface area contributed by atoms with Crippen molar-refractivity contribution in [1.29, 1.82) is 0 Å². The molecule has 1 N–H and O–H groups in total. The molecule has 128 valence electrons. The SMILES string of the molecule is C=Cn1c[n+](CC(=O)Nc2cccc(C(F)(F)F)c2)c2ccccc21. The zero-order valence-corrected chi connectivity index (χ0v) is 13.1. The standard InChI is InChI=1S/C18H14F3N3O/c1-2-23-12-24(16-9-4-3-8-15(16)23)11-17(25)22-14-7-5-6-13(10-14)18(19,20)21/h2-10,12H,1,11H2/p+1. The summed E-state index contributed by atoms with van der Waals surface area (Å²) in [7, 11) is 0. The lowest BCUT2D eigenvalue weighted by Crippen LogP contribution is -2.39. The van der Waals surface area contributed by atoms with E-state index in [2.05, 4.69) is 11.9 Å². The van der Waals surface area contributed by atoms with Crippen LogP contribution in [0.4, 0.5) is 18.9 Å². The Kier molecular flexibility index (Phi) is 4.31. The molecule has 0 aliphatic rings. The fourth-order valence-electron chi connectivity index (χ4n) is 2.60. The van der Waals surface area contributed by atoms with Gasteiger partial charge in [-0.3, -0.25) is 4.79 Å². The smallest absolute Gasteiger partial charge is 0.323 e. The Hall–Kier alpha value is -3.09. The van der Waals surface area contributed by atoms with E-state index in [-0.39, 0.29) is 12.2 Å². The molecule has 0 aliphatic carbocycles. The Morgan fingerprint density at radius 2 is 1.96 bits per heavy atom. The molecule has 3 aromatic rings. The minimum absolute atomic E-state index is 0.0302. The molecule has 2 aromatic carbocycles. The van der Waals surface area contributed by atoms with Gasteiger partial charge in [-0.2, -0.15) is 13.2 Å². The van der Waals surface area contributed by atoms with Crippen LogP contribution in [0.25, 0.3) is 17.2 Å². The van der Waals surface area contributed by atoms with E-state index < -0.39 is 17.6 Å². The average Bonchev–Trinajstić information content (AvgIpc) is 2.92. The summed E-state index contributed by atoms with van der Waals surface area (Å²) < 4.78 is 41.7. The quantitative estimate of drug-likeness (QED) is 0.719. The molecule has 4 nitrogen and oxygen atoms in total. The number of nitrogens with zero attached hydrogens (tertiary/aromatic N) is 2. The fraction of sp³-hybridized carbons (Fsp3) is 0.111. The van der Waals surface area contributed by atoms with Crippen LogP contribution in [0.3, 0.4) is 0 Å². The van der Waals surface area contributed by atoms with Crippen LogP contribution in [0.5, 0.6) is 0 Å². The molecule has 3 rings (SSSR count). The molecule has 0 aliphatic heterocycles. The number of hydrogen-bond donors (Lipinski definition) is 1. The van der Waals surface area contributed by atoms with Crippen molar-refractivity contribution < 1.29 is 22.5 Å². The van der Waals surface area contributed by atoms with Crippen LogP contribution in [0.1, 0.15) is 5.56 Å². The number of amides is 1. The number of carbonyl (C=O) groups is 1. The normalized spacial score (nSPS) is 11.5. The second kappa shape index (κ2) is 6.43. The van der Waals surface area contributed by atoms with E-state index in [1.54, 1.807) is 21.7 Å². The second-order valence-electron chi connectivity index (χ2n) is 5.45. The van der Waals surface area contributed by atoms with Gasteiger partial charge in [0.1, 0.15) is 0 Å². The molecule has 0 unspecified atom stereocenters. The molecule has 0 saturated heterocycles. The van der Waals surface area contributed by atoms with Crippen molar-refractivity contribution in [3.63, 3.8) is 0 Å². The predicted molar refractivity (Wildman–Crippen MR) is 88.6 cm³/mol. The van der Waals surface area contributed by atoms with Gasteiger partial charge in [-0.05, 0) is 30.3 Å². The lowest BCUT2D eigenvalue weighted by atomic mass is 10.2. The van der Waals surface area contributed by atoms with Crippen molar-refractivity contribution >= 4 is 28.8 Å².